The minimum absolute atomic E-state index is 0.0445. The average Bonchev–Trinajstić information content (AvgIpc) is 3.32. The molecule has 1 aliphatic heterocycles. The molecule has 0 N–H and O–H groups in total. The molecule has 3 aromatic rings. The van der Waals surface area contributed by atoms with Crippen molar-refractivity contribution in [3.63, 3.8) is 0 Å². The number of hydrogen-bond donors (Lipinski definition) is 0. The van der Waals surface area contributed by atoms with E-state index in [1.807, 2.05) is 4.90 Å². The van der Waals surface area contributed by atoms with Crippen molar-refractivity contribution in [3.8, 4) is 11.4 Å². The van der Waals surface area contributed by atoms with Crippen LogP contribution in [0.5, 0.6) is 0 Å². The van der Waals surface area contributed by atoms with E-state index in [1.54, 1.807) is 28.7 Å². The van der Waals surface area contributed by atoms with Crippen LogP contribution < -0.4 is 0 Å². The number of amides is 1. The number of rotatable bonds is 4. The van der Waals surface area contributed by atoms with Gasteiger partial charge in [-0.25, -0.2) is 9.37 Å². The van der Waals surface area contributed by atoms with Crippen LogP contribution in [-0.2, 0) is 18.3 Å². The van der Waals surface area contributed by atoms with Crippen LogP contribution in [0.25, 0.3) is 11.4 Å². The largest absolute Gasteiger partial charge is 0.342 e. The predicted octanol–water partition coefficient (Wildman–Crippen LogP) is 1.01. The zero-order valence-electron chi connectivity index (χ0n) is 14.9. The van der Waals surface area contributed by atoms with Crippen LogP contribution in [0.4, 0.5) is 4.39 Å². The summed E-state index contributed by atoms with van der Waals surface area (Å²) in [6, 6.07) is 6.09. The molecule has 1 amide bonds. The number of carbonyl (C=O) groups excluding carboxylic acids is 1. The fraction of sp³-hybridized carbons (Fsp3) is 0.412. The van der Waals surface area contributed by atoms with Crippen molar-refractivity contribution in [1.82, 2.24) is 39.9 Å². The molecule has 140 valence electrons. The first kappa shape index (κ1) is 17.3. The fourth-order valence-corrected chi connectivity index (χ4v) is 3.17. The number of nitrogens with zero attached hydrogens (tertiary/aromatic N) is 8. The lowest BCUT2D eigenvalue weighted by atomic mass is 10.1. The minimum atomic E-state index is -0.301. The highest BCUT2D eigenvalue weighted by molar-refractivity contribution is 5.78. The molecule has 0 spiro atoms. The highest BCUT2D eigenvalue weighted by Gasteiger charge is 2.26. The summed E-state index contributed by atoms with van der Waals surface area (Å²) >= 11 is 0. The van der Waals surface area contributed by atoms with Gasteiger partial charge in [0, 0.05) is 25.7 Å². The van der Waals surface area contributed by atoms with Crippen molar-refractivity contribution in [2.24, 2.45) is 7.05 Å². The molecule has 2 aromatic heterocycles. The fourth-order valence-electron chi connectivity index (χ4n) is 3.17. The zero-order valence-corrected chi connectivity index (χ0v) is 14.9. The summed E-state index contributed by atoms with van der Waals surface area (Å²) < 4.78 is 14.7. The van der Waals surface area contributed by atoms with Crippen LogP contribution in [-0.4, -0.2) is 58.9 Å². The van der Waals surface area contributed by atoms with Gasteiger partial charge in [0.2, 0.25) is 11.7 Å². The highest BCUT2D eigenvalue weighted by atomic mass is 19.1. The van der Waals surface area contributed by atoms with Gasteiger partial charge in [-0.3, -0.25) is 9.48 Å². The minimum Gasteiger partial charge on any atom is -0.342 e. The van der Waals surface area contributed by atoms with E-state index in [0.29, 0.717) is 24.7 Å². The van der Waals surface area contributed by atoms with Gasteiger partial charge in [-0.1, -0.05) is 0 Å². The van der Waals surface area contributed by atoms with Crippen molar-refractivity contribution < 1.29 is 9.18 Å². The van der Waals surface area contributed by atoms with Crippen molar-refractivity contribution in [1.29, 1.82) is 0 Å². The number of carbonyl (C=O) groups is 1. The topological polar surface area (TPSA) is 94.6 Å². The second-order valence-corrected chi connectivity index (χ2v) is 6.53. The number of tetrazole rings is 1. The molecule has 1 aromatic carbocycles. The monoisotopic (exact) mass is 370 g/mol. The second-order valence-electron chi connectivity index (χ2n) is 6.53. The smallest absolute Gasteiger partial charge is 0.230 e. The first-order valence-corrected chi connectivity index (χ1v) is 8.76. The molecule has 9 nitrogen and oxygen atoms in total. The van der Waals surface area contributed by atoms with Crippen molar-refractivity contribution in [3.05, 3.63) is 42.2 Å². The third-order valence-corrected chi connectivity index (χ3v) is 4.79. The van der Waals surface area contributed by atoms with E-state index < -0.39 is 0 Å². The molecule has 0 unspecified atom stereocenters. The highest BCUT2D eigenvalue weighted by Crippen LogP contribution is 2.22. The van der Waals surface area contributed by atoms with Gasteiger partial charge in [0.25, 0.3) is 0 Å². The van der Waals surface area contributed by atoms with Crippen LogP contribution in [0.2, 0.25) is 0 Å². The van der Waals surface area contributed by atoms with E-state index in [2.05, 4.69) is 25.5 Å². The molecule has 3 heterocycles. The third-order valence-electron chi connectivity index (χ3n) is 4.79. The average molecular weight is 370 g/mol. The first-order chi connectivity index (χ1) is 13.1. The Hall–Kier alpha value is -3.17. The van der Waals surface area contributed by atoms with Gasteiger partial charge in [0.15, 0.2) is 0 Å². The summed E-state index contributed by atoms with van der Waals surface area (Å²) in [5.41, 5.74) is 0.721. The van der Waals surface area contributed by atoms with Gasteiger partial charge in [-0.15, -0.1) is 10.2 Å². The van der Waals surface area contributed by atoms with Crippen molar-refractivity contribution >= 4 is 5.91 Å². The molecular weight excluding hydrogens is 351 g/mol. The van der Waals surface area contributed by atoms with Gasteiger partial charge in [-0.2, -0.15) is 9.90 Å². The van der Waals surface area contributed by atoms with Crippen LogP contribution in [0.1, 0.15) is 24.7 Å². The van der Waals surface area contributed by atoms with Crippen molar-refractivity contribution in [2.75, 3.05) is 13.1 Å². The number of piperidine rings is 1. The Balaban J connectivity index is 1.36. The van der Waals surface area contributed by atoms with Gasteiger partial charge >= 0.3 is 0 Å². The molecular formula is C17H19FN8O. The van der Waals surface area contributed by atoms with E-state index in [0.717, 1.165) is 18.4 Å². The molecule has 0 bridgehead atoms. The first-order valence-electron chi connectivity index (χ1n) is 8.76. The summed E-state index contributed by atoms with van der Waals surface area (Å²) in [4.78, 5) is 20.0. The maximum absolute atomic E-state index is 13.0. The Morgan fingerprint density at radius 2 is 1.96 bits per heavy atom. The van der Waals surface area contributed by atoms with Gasteiger partial charge in [-0.05, 0) is 42.3 Å². The third kappa shape index (κ3) is 3.69. The standard InChI is InChI=1S/C17H19FN8O/c1-24-15(19-11-20-24)10-16(27)25-8-6-14(7-9-25)26-22-17(21-23-26)12-2-4-13(18)5-3-12/h2-5,11,14H,6-10H2,1H3. The van der Waals surface area contributed by atoms with E-state index in [-0.39, 0.29) is 24.2 Å². The number of hydrogen-bond acceptors (Lipinski definition) is 6. The molecule has 0 saturated carbocycles. The van der Waals surface area contributed by atoms with Gasteiger partial charge in [0.1, 0.15) is 18.0 Å². The Morgan fingerprint density at radius 3 is 2.63 bits per heavy atom. The quantitative estimate of drug-likeness (QED) is 0.680. The number of benzene rings is 1. The molecule has 10 heteroatoms. The number of aryl methyl sites for hydroxylation is 1. The van der Waals surface area contributed by atoms with Gasteiger partial charge < -0.3 is 4.90 Å². The number of likely N-dealkylation sites (tertiary alicyclic amines) is 1. The number of halogens is 1. The van der Waals surface area contributed by atoms with E-state index in [4.69, 9.17) is 0 Å². The normalized spacial score (nSPS) is 15.3. The second kappa shape index (κ2) is 7.22. The summed E-state index contributed by atoms with van der Waals surface area (Å²) in [5, 5.41) is 16.6. The van der Waals surface area contributed by atoms with E-state index in [9.17, 15) is 9.18 Å². The zero-order chi connectivity index (χ0) is 18.8. The lowest BCUT2D eigenvalue weighted by Crippen LogP contribution is -2.40. The SMILES string of the molecule is Cn1ncnc1CC(=O)N1CCC(n2nnc(-c3ccc(F)cc3)n2)CC1. The summed E-state index contributed by atoms with van der Waals surface area (Å²) in [7, 11) is 1.77. The maximum Gasteiger partial charge on any atom is 0.230 e. The van der Waals surface area contributed by atoms with Crippen molar-refractivity contribution in [2.45, 2.75) is 25.3 Å². The summed E-state index contributed by atoms with van der Waals surface area (Å²) in [6.07, 6.45) is 3.20. The predicted molar refractivity (Wildman–Crippen MR) is 92.8 cm³/mol. The van der Waals surface area contributed by atoms with Crippen LogP contribution in [0.3, 0.4) is 0 Å². The Labute approximate surface area is 154 Å². The number of aromatic nitrogens is 7. The molecule has 0 atom stereocenters. The lowest BCUT2D eigenvalue weighted by molar-refractivity contribution is -0.132. The lowest BCUT2D eigenvalue weighted by Gasteiger charge is -2.31. The molecule has 1 saturated heterocycles. The molecule has 1 aliphatic rings. The molecule has 1 fully saturated rings. The maximum atomic E-state index is 13.0. The summed E-state index contributed by atoms with van der Waals surface area (Å²) in [6.45, 7) is 1.27. The molecule has 0 aliphatic carbocycles. The Morgan fingerprint density at radius 1 is 1.22 bits per heavy atom. The van der Waals surface area contributed by atoms with Gasteiger partial charge in [0.05, 0.1) is 12.5 Å². The molecule has 4 rings (SSSR count). The summed E-state index contributed by atoms with van der Waals surface area (Å²) in [5.74, 6) is 0.868. The molecule has 27 heavy (non-hydrogen) atoms. The van der Waals surface area contributed by atoms with Crippen LogP contribution in [0.15, 0.2) is 30.6 Å². The Kier molecular flexibility index (Phi) is 4.61. The van der Waals surface area contributed by atoms with E-state index in [1.165, 1.54) is 18.5 Å². The van der Waals surface area contributed by atoms with Crippen LogP contribution in [0, 0.1) is 5.82 Å². The van der Waals surface area contributed by atoms with Crippen LogP contribution >= 0.6 is 0 Å². The van der Waals surface area contributed by atoms with E-state index >= 15 is 0 Å². The Bertz CT molecular complexity index is 927. The molecule has 0 radical (unpaired) electrons.